The average Bonchev–Trinajstić information content (AvgIpc) is 2.67. The van der Waals surface area contributed by atoms with Crippen LogP contribution in [0.3, 0.4) is 0 Å². The van der Waals surface area contributed by atoms with Crippen molar-refractivity contribution < 1.29 is 9.53 Å². The first-order chi connectivity index (χ1) is 12.5. The van der Waals surface area contributed by atoms with Crippen LogP contribution in [-0.2, 0) is 4.74 Å². The molecule has 3 rings (SSSR count). The van der Waals surface area contributed by atoms with E-state index in [1.165, 1.54) is 19.3 Å². The average molecular weight is 361 g/mol. The fourth-order valence-corrected chi connectivity index (χ4v) is 4.09. The minimum atomic E-state index is -0.0778. The lowest BCUT2D eigenvalue weighted by Gasteiger charge is -2.48. The monoisotopic (exact) mass is 361 g/mol. The van der Waals surface area contributed by atoms with Gasteiger partial charge in [0.05, 0.1) is 24.5 Å². The van der Waals surface area contributed by atoms with Crippen molar-refractivity contribution in [1.29, 1.82) is 0 Å². The van der Waals surface area contributed by atoms with E-state index >= 15 is 0 Å². The Morgan fingerprint density at radius 3 is 2.58 bits per heavy atom. The zero-order chi connectivity index (χ0) is 18.6. The molecule has 1 amide bonds. The van der Waals surface area contributed by atoms with Crippen molar-refractivity contribution in [2.45, 2.75) is 44.6 Å². The maximum atomic E-state index is 12.8. The molecule has 0 atom stereocenters. The van der Waals surface area contributed by atoms with E-state index < -0.39 is 0 Å². The van der Waals surface area contributed by atoms with Gasteiger partial charge in [0.25, 0.3) is 5.91 Å². The number of aromatic nitrogens is 2. The maximum Gasteiger partial charge on any atom is 0.254 e. The number of amides is 1. The van der Waals surface area contributed by atoms with E-state index in [1.807, 2.05) is 25.9 Å². The van der Waals surface area contributed by atoms with Crippen molar-refractivity contribution in [3.05, 3.63) is 17.5 Å². The molecule has 1 saturated heterocycles. The van der Waals surface area contributed by atoms with Gasteiger partial charge in [-0.05, 0) is 19.8 Å². The topological polar surface area (TPSA) is 70.6 Å². The quantitative estimate of drug-likeness (QED) is 0.859. The summed E-state index contributed by atoms with van der Waals surface area (Å²) in [6, 6.07) is 0. The first-order valence-corrected chi connectivity index (χ1v) is 9.64. The first kappa shape index (κ1) is 19.0. The number of carbonyl (C=O) groups is 1. The lowest BCUT2D eigenvalue weighted by atomic mass is 9.79. The highest BCUT2D eigenvalue weighted by Crippen LogP contribution is 2.34. The summed E-state index contributed by atoms with van der Waals surface area (Å²) in [6.45, 7) is 6.02. The first-order valence-electron chi connectivity index (χ1n) is 9.64. The maximum absolute atomic E-state index is 12.8. The summed E-state index contributed by atoms with van der Waals surface area (Å²) >= 11 is 0. The molecule has 0 bridgehead atoms. The number of aryl methyl sites for hydroxylation is 1. The number of nitrogens with one attached hydrogen (secondary N) is 1. The van der Waals surface area contributed by atoms with Crippen molar-refractivity contribution in [2.75, 3.05) is 51.8 Å². The zero-order valence-corrected chi connectivity index (χ0v) is 16.3. The molecule has 1 N–H and O–H groups in total. The molecule has 7 heteroatoms. The van der Waals surface area contributed by atoms with Gasteiger partial charge in [0.2, 0.25) is 5.95 Å². The molecule has 7 nitrogen and oxygen atoms in total. The molecule has 26 heavy (non-hydrogen) atoms. The minimum Gasteiger partial charge on any atom is -0.379 e. The summed E-state index contributed by atoms with van der Waals surface area (Å²) in [4.78, 5) is 25.9. The van der Waals surface area contributed by atoms with Crippen LogP contribution in [0.15, 0.2) is 6.20 Å². The Morgan fingerprint density at radius 1 is 1.27 bits per heavy atom. The van der Waals surface area contributed by atoms with Crippen LogP contribution >= 0.6 is 0 Å². The molecule has 2 fully saturated rings. The van der Waals surface area contributed by atoms with Crippen LogP contribution < -0.4 is 10.2 Å². The van der Waals surface area contributed by atoms with Gasteiger partial charge in [-0.3, -0.25) is 9.69 Å². The van der Waals surface area contributed by atoms with Gasteiger partial charge in [-0.2, -0.15) is 0 Å². The normalized spacial score (nSPS) is 20.6. The molecule has 0 spiro atoms. The van der Waals surface area contributed by atoms with Gasteiger partial charge in [0.15, 0.2) is 0 Å². The minimum absolute atomic E-state index is 0.0655. The predicted molar refractivity (Wildman–Crippen MR) is 102 cm³/mol. The van der Waals surface area contributed by atoms with Crippen LogP contribution in [0.5, 0.6) is 0 Å². The van der Waals surface area contributed by atoms with E-state index in [4.69, 9.17) is 4.74 Å². The van der Waals surface area contributed by atoms with E-state index in [-0.39, 0.29) is 11.4 Å². The molecule has 2 aliphatic rings. The summed E-state index contributed by atoms with van der Waals surface area (Å²) in [5.41, 5.74) is 1.34. The number of anilines is 1. The molecule has 1 saturated carbocycles. The van der Waals surface area contributed by atoms with Gasteiger partial charge in [-0.15, -0.1) is 0 Å². The third kappa shape index (κ3) is 4.15. The van der Waals surface area contributed by atoms with E-state index in [0.717, 1.165) is 39.1 Å². The second kappa shape index (κ2) is 8.31. The fraction of sp³-hybridized carbons (Fsp3) is 0.737. The highest BCUT2D eigenvalue weighted by atomic mass is 16.5. The summed E-state index contributed by atoms with van der Waals surface area (Å²) in [7, 11) is 3.79. The number of hydrogen-bond acceptors (Lipinski definition) is 6. The molecule has 144 valence electrons. The Kier molecular flexibility index (Phi) is 6.09. The van der Waals surface area contributed by atoms with Gasteiger partial charge >= 0.3 is 0 Å². The molecule has 1 aromatic heterocycles. The lowest BCUT2D eigenvalue weighted by molar-refractivity contribution is -0.0361. The van der Waals surface area contributed by atoms with Crippen molar-refractivity contribution in [1.82, 2.24) is 20.2 Å². The SMILES string of the molecule is Cc1nc(N(C)C)ncc1C(=O)NCC1(N2CCOCC2)CCCCC1. The van der Waals surface area contributed by atoms with E-state index in [2.05, 4.69) is 20.2 Å². The zero-order valence-electron chi connectivity index (χ0n) is 16.3. The molecule has 1 aliphatic carbocycles. The third-order valence-electron chi connectivity index (χ3n) is 5.66. The second-order valence-corrected chi connectivity index (χ2v) is 7.63. The standard InChI is InChI=1S/C19H31N5O2/c1-15-16(13-20-18(22-15)23(2)3)17(25)21-14-19(7-5-4-6-8-19)24-9-11-26-12-10-24/h13H,4-12,14H2,1-3H3,(H,21,25). The second-order valence-electron chi connectivity index (χ2n) is 7.63. The lowest BCUT2D eigenvalue weighted by Crippen LogP contribution is -2.59. The number of ether oxygens (including phenoxy) is 1. The van der Waals surface area contributed by atoms with Crippen LogP contribution in [0.25, 0.3) is 0 Å². The van der Waals surface area contributed by atoms with Crippen LogP contribution in [0, 0.1) is 6.92 Å². The number of morpholine rings is 1. The highest BCUT2D eigenvalue weighted by molar-refractivity contribution is 5.95. The third-order valence-corrected chi connectivity index (χ3v) is 5.66. The van der Waals surface area contributed by atoms with Gasteiger partial charge in [0.1, 0.15) is 0 Å². The van der Waals surface area contributed by atoms with E-state index in [9.17, 15) is 4.79 Å². The van der Waals surface area contributed by atoms with Crippen LogP contribution in [0.2, 0.25) is 0 Å². The van der Waals surface area contributed by atoms with Gasteiger partial charge in [-0.25, -0.2) is 9.97 Å². The van der Waals surface area contributed by atoms with Crippen LogP contribution in [-0.4, -0.2) is 73.3 Å². The van der Waals surface area contributed by atoms with Crippen molar-refractivity contribution in [2.24, 2.45) is 0 Å². The van der Waals surface area contributed by atoms with E-state index in [1.54, 1.807) is 6.20 Å². The molecule has 0 aromatic carbocycles. The molecule has 2 heterocycles. The number of rotatable bonds is 5. The summed E-state index contributed by atoms with van der Waals surface area (Å²) in [6.07, 6.45) is 7.67. The Bertz CT molecular complexity index is 622. The van der Waals surface area contributed by atoms with Crippen LogP contribution in [0.4, 0.5) is 5.95 Å². The molecular formula is C19H31N5O2. The number of hydrogen-bond donors (Lipinski definition) is 1. The van der Waals surface area contributed by atoms with Crippen molar-refractivity contribution >= 4 is 11.9 Å². The highest BCUT2D eigenvalue weighted by Gasteiger charge is 2.38. The van der Waals surface area contributed by atoms with Gasteiger partial charge < -0.3 is 15.0 Å². The Balaban J connectivity index is 1.69. The van der Waals surface area contributed by atoms with Gasteiger partial charge in [-0.1, -0.05) is 19.3 Å². The van der Waals surface area contributed by atoms with E-state index in [0.29, 0.717) is 23.8 Å². The predicted octanol–water partition coefficient (Wildman–Crippen LogP) is 1.62. The number of nitrogens with zero attached hydrogens (tertiary/aromatic N) is 4. The molecule has 0 unspecified atom stereocenters. The molecule has 1 aliphatic heterocycles. The summed E-state index contributed by atoms with van der Waals surface area (Å²) < 4.78 is 5.53. The smallest absolute Gasteiger partial charge is 0.254 e. The largest absolute Gasteiger partial charge is 0.379 e. The molecular weight excluding hydrogens is 330 g/mol. The van der Waals surface area contributed by atoms with Crippen LogP contribution in [0.1, 0.15) is 48.2 Å². The summed E-state index contributed by atoms with van der Waals surface area (Å²) in [5.74, 6) is 0.544. The Morgan fingerprint density at radius 2 is 1.96 bits per heavy atom. The van der Waals surface area contributed by atoms with Crippen molar-refractivity contribution in [3.63, 3.8) is 0 Å². The molecule has 0 radical (unpaired) electrons. The Labute approximate surface area is 156 Å². The Hall–Kier alpha value is -1.73. The van der Waals surface area contributed by atoms with Gasteiger partial charge in [0, 0.05) is 45.5 Å². The van der Waals surface area contributed by atoms with Crippen molar-refractivity contribution in [3.8, 4) is 0 Å². The summed E-state index contributed by atoms with van der Waals surface area (Å²) in [5, 5.41) is 3.18. The number of carbonyl (C=O) groups excluding carboxylic acids is 1. The molecule has 1 aromatic rings. The fourth-order valence-electron chi connectivity index (χ4n) is 4.09.